The maximum Gasteiger partial charge on any atom is 0.354 e. The van der Waals surface area contributed by atoms with Gasteiger partial charge in [-0.15, -0.1) is 0 Å². The maximum atomic E-state index is 13.2. The van der Waals surface area contributed by atoms with Gasteiger partial charge in [-0.05, 0) is 59.0 Å². The van der Waals surface area contributed by atoms with Gasteiger partial charge in [0.05, 0.1) is 13.7 Å². The molecule has 0 bridgehead atoms. The minimum Gasteiger partial charge on any atom is -0.493 e. The summed E-state index contributed by atoms with van der Waals surface area (Å²) in [5, 5.41) is 12.2. The van der Waals surface area contributed by atoms with Gasteiger partial charge in [0.1, 0.15) is 29.5 Å². The molecule has 0 spiro atoms. The Morgan fingerprint density at radius 3 is 2.06 bits per heavy atom. The number of unbranched alkanes of at least 4 members (excludes halogenated alkanes) is 1. The highest BCUT2D eigenvalue weighted by atomic mass is 16.5. The van der Waals surface area contributed by atoms with Crippen LogP contribution in [-0.2, 0) is 19.1 Å². The van der Waals surface area contributed by atoms with Crippen molar-refractivity contribution in [1.29, 1.82) is 0 Å². The minimum absolute atomic E-state index is 0.0123. The summed E-state index contributed by atoms with van der Waals surface area (Å²) in [5.41, 5.74) is 7.33. The first kappa shape index (κ1) is 38.4. The monoisotopic (exact) mass is 703 g/mol. The molecular weight excluding hydrogens is 658 g/mol. The minimum atomic E-state index is -0.759. The Bertz CT molecular complexity index is 2020. The fraction of sp³-hybridized carbons (Fsp3) is 0.220. The first-order valence-electron chi connectivity index (χ1n) is 16.9. The number of nitrogens with zero attached hydrogens (tertiary/aromatic N) is 1. The van der Waals surface area contributed by atoms with Gasteiger partial charge >= 0.3 is 5.97 Å². The number of carbonyl (C=O) groups excluding carboxylic acids is 3. The molecule has 0 saturated heterocycles. The summed E-state index contributed by atoms with van der Waals surface area (Å²) in [6.07, 6.45) is 7.38. The molecule has 4 aromatic rings. The van der Waals surface area contributed by atoms with Crippen molar-refractivity contribution in [1.82, 2.24) is 16.0 Å². The van der Waals surface area contributed by atoms with E-state index < -0.39 is 17.8 Å². The molecule has 4 rings (SSSR count). The van der Waals surface area contributed by atoms with Crippen LogP contribution in [0.4, 0.5) is 0 Å². The van der Waals surface area contributed by atoms with Gasteiger partial charge in [-0.1, -0.05) is 92.0 Å². The quantitative estimate of drug-likeness (QED) is 0.0186. The number of benzene rings is 4. The number of hydrogen-bond acceptors (Lipinski definition) is 7. The number of hydrogen-bond donors (Lipinski definition) is 4. The van der Waals surface area contributed by atoms with E-state index in [1.807, 2.05) is 48.5 Å². The maximum absolute atomic E-state index is 13.2. The largest absolute Gasteiger partial charge is 0.493 e. The van der Waals surface area contributed by atoms with Crippen LogP contribution in [0.25, 0.3) is 32.7 Å². The van der Waals surface area contributed by atoms with Crippen LogP contribution in [0.3, 0.4) is 0 Å². The number of allylic oxidation sites excluding steroid dienone is 3. The first-order chi connectivity index (χ1) is 25.3. The van der Waals surface area contributed by atoms with Gasteiger partial charge in [0, 0.05) is 31.1 Å². The van der Waals surface area contributed by atoms with Crippen LogP contribution in [0.15, 0.2) is 127 Å². The molecule has 0 aromatic heterocycles. The fourth-order valence-electron chi connectivity index (χ4n) is 5.46. The molecule has 11 heteroatoms. The summed E-state index contributed by atoms with van der Waals surface area (Å²) in [6, 6.07) is 24.2. The summed E-state index contributed by atoms with van der Waals surface area (Å²) in [4.78, 5) is 42.4. The van der Waals surface area contributed by atoms with E-state index >= 15 is 0 Å². The molecular formula is C41H45N5O6. The summed E-state index contributed by atoms with van der Waals surface area (Å²) in [6.45, 7) is 8.45. The predicted octanol–water partition coefficient (Wildman–Crippen LogP) is 6.06. The SMILES string of the molecule is C=C/C=C(/NC(=O)/C(=C/CCCNC(N)=NC)NC(=O)CCCOc1ccc2ccccc2c1-c1c(OCC=C)ccc2ccccc12)C(=O)OC. The molecule has 0 aliphatic rings. The number of methoxy groups -OCH3 is 1. The third kappa shape index (κ3) is 10.3. The van der Waals surface area contributed by atoms with Crippen LogP contribution in [0.1, 0.15) is 25.7 Å². The zero-order chi connectivity index (χ0) is 37.3. The molecule has 52 heavy (non-hydrogen) atoms. The topological polar surface area (TPSA) is 153 Å². The molecule has 0 aliphatic heterocycles. The van der Waals surface area contributed by atoms with Gasteiger partial charge in [-0.3, -0.25) is 14.6 Å². The summed E-state index contributed by atoms with van der Waals surface area (Å²) in [7, 11) is 2.77. The third-order valence-electron chi connectivity index (χ3n) is 7.93. The van der Waals surface area contributed by atoms with E-state index in [-0.39, 0.29) is 24.4 Å². The van der Waals surface area contributed by atoms with Crippen molar-refractivity contribution < 1.29 is 28.6 Å². The lowest BCUT2D eigenvalue weighted by Crippen LogP contribution is -2.36. The van der Waals surface area contributed by atoms with E-state index in [1.165, 1.54) is 19.3 Å². The number of aliphatic imine (C=N–C) groups is 1. The standard InChI is InChI=1S/C41H45N5O6/c1-5-14-33(40(49)50-4)46-39(48)32(19-11-12-25-44-41(42)43-3)45-36(47)20-13-27-52-35-24-22-29-16-8-10-18-31(29)38(35)37-30-17-9-7-15-28(30)21-23-34(37)51-26-6-2/h5-10,14-19,21-24H,1-2,11-13,20,25-27H2,3-4H3,(H,45,47)(H,46,48)(H3,42,43,44)/b32-19-,33-14+. The van der Waals surface area contributed by atoms with Crippen LogP contribution < -0.4 is 31.2 Å². The number of fused-ring (bicyclic) bond motifs is 2. The number of carbonyl (C=O) groups is 3. The van der Waals surface area contributed by atoms with Crippen LogP contribution >= 0.6 is 0 Å². The Balaban J connectivity index is 1.52. The van der Waals surface area contributed by atoms with Crippen LogP contribution in [0.5, 0.6) is 11.5 Å². The number of nitrogens with one attached hydrogen (secondary N) is 3. The summed E-state index contributed by atoms with van der Waals surface area (Å²) < 4.78 is 17.3. The van der Waals surface area contributed by atoms with Crippen LogP contribution in [-0.4, -0.2) is 57.7 Å². The molecule has 0 heterocycles. The lowest BCUT2D eigenvalue weighted by molar-refractivity contribution is -0.137. The van der Waals surface area contributed by atoms with E-state index in [0.29, 0.717) is 49.9 Å². The molecule has 2 amide bonds. The van der Waals surface area contributed by atoms with Crippen molar-refractivity contribution in [3.63, 3.8) is 0 Å². The van der Waals surface area contributed by atoms with E-state index in [0.717, 1.165) is 32.7 Å². The average molecular weight is 704 g/mol. The highest BCUT2D eigenvalue weighted by molar-refractivity contribution is 6.10. The van der Waals surface area contributed by atoms with Crippen molar-refractivity contribution in [2.24, 2.45) is 10.7 Å². The van der Waals surface area contributed by atoms with E-state index in [2.05, 4.69) is 58.4 Å². The second-order valence-electron chi connectivity index (χ2n) is 11.5. The molecule has 0 aliphatic carbocycles. The Morgan fingerprint density at radius 2 is 1.46 bits per heavy atom. The molecule has 0 unspecified atom stereocenters. The van der Waals surface area contributed by atoms with Crippen molar-refractivity contribution in [2.75, 3.05) is 33.9 Å². The van der Waals surface area contributed by atoms with Crippen molar-refractivity contribution >= 4 is 45.3 Å². The molecule has 5 N–H and O–H groups in total. The fourth-order valence-corrected chi connectivity index (χ4v) is 5.46. The number of amides is 2. The molecule has 0 saturated carbocycles. The van der Waals surface area contributed by atoms with Gasteiger partial charge < -0.3 is 35.9 Å². The zero-order valence-electron chi connectivity index (χ0n) is 29.6. The number of ether oxygens (including phenoxy) is 3. The molecule has 270 valence electrons. The molecule has 0 atom stereocenters. The van der Waals surface area contributed by atoms with Crippen molar-refractivity contribution in [3.05, 3.63) is 122 Å². The Labute approximate surface area is 303 Å². The van der Waals surface area contributed by atoms with E-state index in [9.17, 15) is 14.4 Å². The van der Waals surface area contributed by atoms with Crippen molar-refractivity contribution in [2.45, 2.75) is 25.7 Å². The predicted molar refractivity (Wildman–Crippen MR) is 207 cm³/mol. The highest BCUT2D eigenvalue weighted by Gasteiger charge is 2.20. The normalized spacial score (nSPS) is 11.8. The number of guanidine groups is 1. The van der Waals surface area contributed by atoms with Crippen LogP contribution in [0.2, 0.25) is 0 Å². The van der Waals surface area contributed by atoms with Gasteiger partial charge in [0.15, 0.2) is 5.96 Å². The zero-order valence-corrected chi connectivity index (χ0v) is 29.6. The Hall–Kier alpha value is -6.36. The molecule has 0 radical (unpaired) electrons. The van der Waals surface area contributed by atoms with Gasteiger partial charge in [0.25, 0.3) is 5.91 Å². The Morgan fingerprint density at radius 1 is 0.827 bits per heavy atom. The van der Waals surface area contributed by atoms with Crippen LogP contribution in [0, 0.1) is 0 Å². The van der Waals surface area contributed by atoms with Gasteiger partial charge in [0.2, 0.25) is 5.91 Å². The van der Waals surface area contributed by atoms with E-state index in [4.69, 9.17) is 19.9 Å². The Kier molecular flexibility index (Phi) is 14.6. The third-order valence-corrected chi connectivity index (χ3v) is 7.93. The number of esters is 1. The second kappa shape index (κ2) is 19.7. The summed E-state index contributed by atoms with van der Waals surface area (Å²) in [5.74, 6) is -0.199. The number of nitrogens with two attached hydrogens (primary N) is 1. The average Bonchev–Trinajstić information content (AvgIpc) is 3.17. The lowest BCUT2D eigenvalue weighted by atomic mass is 9.92. The highest BCUT2D eigenvalue weighted by Crippen LogP contribution is 2.45. The van der Waals surface area contributed by atoms with Gasteiger partial charge in [-0.25, -0.2) is 4.79 Å². The van der Waals surface area contributed by atoms with Gasteiger partial charge in [-0.2, -0.15) is 0 Å². The smallest absolute Gasteiger partial charge is 0.354 e. The molecule has 4 aromatic carbocycles. The second-order valence-corrected chi connectivity index (χ2v) is 11.5. The van der Waals surface area contributed by atoms with E-state index in [1.54, 1.807) is 19.2 Å². The number of rotatable bonds is 18. The lowest BCUT2D eigenvalue weighted by Gasteiger charge is -2.19. The first-order valence-corrected chi connectivity index (χ1v) is 16.9. The molecule has 11 nitrogen and oxygen atoms in total. The summed E-state index contributed by atoms with van der Waals surface area (Å²) >= 11 is 0. The molecule has 0 fully saturated rings. The van der Waals surface area contributed by atoms with Crippen molar-refractivity contribution in [3.8, 4) is 22.6 Å².